The normalized spacial score (nSPS) is 15.6. The van der Waals surface area contributed by atoms with Crippen LogP contribution >= 0.6 is 23.1 Å². The molecule has 1 unspecified atom stereocenters. The second-order valence-corrected chi connectivity index (χ2v) is 8.13. The van der Waals surface area contributed by atoms with Crippen molar-refractivity contribution in [2.24, 2.45) is 0 Å². The van der Waals surface area contributed by atoms with Crippen molar-refractivity contribution in [3.63, 3.8) is 0 Å². The van der Waals surface area contributed by atoms with E-state index < -0.39 is 0 Å². The number of carbonyl (C=O) groups excluding carboxylic acids is 1. The Kier molecular flexibility index (Phi) is 4.21. The van der Waals surface area contributed by atoms with Crippen LogP contribution in [0.2, 0.25) is 0 Å². The number of thioether (sulfide) groups is 1. The van der Waals surface area contributed by atoms with Crippen molar-refractivity contribution in [2.45, 2.75) is 17.6 Å². The van der Waals surface area contributed by atoms with Crippen molar-refractivity contribution in [1.82, 2.24) is 24.3 Å². The molecule has 0 spiro atoms. The predicted molar refractivity (Wildman–Crippen MR) is 108 cm³/mol. The Hall–Kier alpha value is -2.98. The molecule has 0 saturated heterocycles. The van der Waals surface area contributed by atoms with Gasteiger partial charge < -0.3 is 5.32 Å². The fourth-order valence-electron chi connectivity index (χ4n) is 3.21. The van der Waals surface area contributed by atoms with Crippen molar-refractivity contribution in [3.05, 3.63) is 58.5 Å². The molecule has 4 heterocycles. The van der Waals surface area contributed by atoms with Gasteiger partial charge in [0.05, 0.1) is 17.9 Å². The third kappa shape index (κ3) is 2.90. The van der Waals surface area contributed by atoms with Crippen molar-refractivity contribution in [3.8, 4) is 5.69 Å². The fraction of sp³-hybridized carbons (Fsp3) is 0.167. The zero-order valence-electron chi connectivity index (χ0n) is 14.5. The number of aromatic nitrogens is 5. The highest BCUT2D eigenvalue weighted by molar-refractivity contribution is 7.99. The molecular formula is C18H14N6O2S2. The molecule has 140 valence electrons. The summed E-state index contributed by atoms with van der Waals surface area (Å²) in [5, 5.41) is 10.5. The topological polar surface area (TPSA) is 94.7 Å². The SMILES string of the molecule is O=C(CC1CSc2nc3c(cnn3-c3ccccc3)c(=O)n21)Nc1nccs1. The molecule has 0 bridgehead atoms. The summed E-state index contributed by atoms with van der Waals surface area (Å²) in [4.78, 5) is 34.1. The van der Waals surface area contributed by atoms with Gasteiger partial charge in [-0.05, 0) is 12.1 Å². The van der Waals surface area contributed by atoms with E-state index in [1.165, 1.54) is 23.1 Å². The zero-order valence-corrected chi connectivity index (χ0v) is 16.1. The number of carbonyl (C=O) groups is 1. The predicted octanol–water partition coefficient (Wildman–Crippen LogP) is 2.71. The van der Waals surface area contributed by atoms with E-state index in [0.717, 1.165) is 5.69 Å². The largest absolute Gasteiger partial charge is 0.302 e. The van der Waals surface area contributed by atoms with Gasteiger partial charge in [0.1, 0.15) is 5.39 Å². The summed E-state index contributed by atoms with van der Waals surface area (Å²) in [7, 11) is 0. The lowest BCUT2D eigenvalue weighted by atomic mass is 10.2. The molecule has 4 aromatic rings. The van der Waals surface area contributed by atoms with Crippen molar-refractivity contribution < 1.29 is 4.79 Å². The van der Waals surface area contributed by atoms with E-state index >= 15 is 0 Å². The highest BCUT2D eigenvalue weighted by atomic mass is 32.2. The Morgan fingerprint density at radius 2 is 2.14 bits per heavy atom. The molecule has 5 rings (SSSR count). The summed E-state index contributed by atoms with van der Waals surface area (Å²) >= 11 is 2.84. The average Bonchev–Trinajstić information content (AvgIpc) is 3.43. The van der Waals surface area contributed by atoms with Crippen LogP contribution in [0.25, 0.3) is 16.7 Å². The first-order chi connectivity index (χ1) is 13.7. The summed E-state index contributed by atoms with van der Waals surface area (Å²) in [6, 6.07) is 9.33. The van der Waals surface area contributed by atoms with E-state index in [-0.39, 0.29) is 23.9 Å². The second kappa shape index (κ2) is 6.88. The molecule has 28 heavy (non-hydrogen) atoms. The van der Waals surface area contributed by atoms with Crippen LogP contribution in [0.3, 0.4) is 0 Å². The number of hydrogen-bond donors (Lipinski definition) is 1. The summed E-state index contributed by atoms with van der Waals surface area (Å²) in [5.74, 6) is 0.458. The number of hydrogen-bond acceptors (Lipinski definition) is 7. The van der Waals surface area contributed by atoms with Gasteiger partial charge >= 0.3 is 0 Å². The minimum Gasteiger partial charge on any atom is -0.302 e. The van der Waals surface area contributed by atoms with Crippen LogP contribution in [-0.2, 0) is 4.79 Å². The standard InChI is InChI=1S/C18H14N6O2S2/c25-14(21-17-19-6-7-27-17)8-12-10-28-18-22-15-13(16(26)23(12)18)9-20-24(15)11-4-2-1-3-5-11/h1-7,9,12H,8,10H2,(H,19,21,25). The molecule has 0 saturated carbocycles. The molecule has 1 N–H and O–H groups in total. The first-order valence-electron chi connectivity index (χ1n) is 8.58. The summed E-state index contributed by atoms with van der Waals surface area (Å²) < 4.78 is 3.28. The molecule has 1 aromatic carbocycles. The summed E-state index contributed by atoms with van der Waals surface area (Å²) in [6.07, 6.45) is 3.37. The minimum atomic E-state index is -0.246. The highest BCUT2D eigenvalue weighted by Gasteiger charge is 2.29. The minimum absolute atomic E-state index is 0.166. The maximum Gasteiger partial charge on any atom is 0.265 e. The van der Waals surface area contributed by atoms with Gasteiger partial charge in [0.25, 0.3) is 5.56 Å². The maximum atomic E-state index is 13.1. The number of nitrogens with one attached hydrogen (secondary N) is 1. The molecule has 3 aromatic heterocycles. The zero-order chi connectivity index (χ0) is 19.1. The van der Waals surface area contributed by atoms with Crippen molar-refractivity contribution in [1.29, 1.82) is 0 Å². The quantitative estimate of drug-likeness (QED) is 0.520. The van der Waals surface area contributed by atoms with Gasteiger partial charge in [-0.1, -0.05) is 30.0 Å². The van der Waals surface area contributed by atoms with Gasteiger partial charge in [0, 0.05) is 23.8 Å². The van der Waals surface area contributed by atoms with E-state index in [9.17, 15) is 9.59 Å². The van der Waals surface area contributed by atoms with Crippen LogP contribution in [0.4, 0.5) is 5.13 Å². The Labute approximate surface area is 167 Å². The molecule has 10 heteroatoms. The van der Waals surface area contributed by atoms with Gasteiger partial charge in [-0.3, -0.25) is 14.2 Å². The lowest BCUT2D eigenvalue weighted by Gasteiger charge is -2.12. The van der Waals surface area contributed by atoms with Gasteiger partial charge in [0.2, 0.25) is 5.91 Å². The molecule has 0 fully saturated rings. The van der Waals surface area contributed by atoms with Crippen LogP contribution in [0.1, 0.15) is 12.5 Å². The third-order valence-electron chi connectivity index (χ3n) is 4.47. The Morgan fingerprint density at radius 1 is 1.29 bits per heavy atom. The highest BCUT2D eigenvalue weighted by Crippen LogP contribution is 2.33. The first-order valence-corrected chi connectivity index (χ1v) is 10.4. The first kappa shape index (κ1) is 17.1. The average molecular weight is 410 g/mol. The summed E-state index contributed by atoms with van der Waals surface area (Å²) in [6.45, 7) is 0. The molecule has 1 atom stereocenters. The Bertz CT molecular complexity index is 1220. The number of anilines is 1. The monoisotopic (exact) mass is 410 g/mol. The number of para-hydroxylation sites is 1. The van der Waals surface area contributed by atoms with Gasteiger partial charge in [-0.2, -0.15) is 5.10 Å². The molecule has 0 aliphatic carbocycles. The Balaban J connectivity index is 1.49. The van der Waals surface area contributed by atoms with E-state index in [1.54, 1.807) is 27.0 Å². The lowest BCUT2D eigenvalue weighted by Crippen LogP contribution is -2.27. The number of benzene rings is 1. The van der Waals surface area contributed by atoms with Crippen molar-refractivity contribution in [2.75, 3.05) is 11.1 Å². The van der Waals surface area contributed by atoms with E-state index in [0.29, 0.717) is 27.1 Å². The molecule has 1 aliphatic heterocycles. The third-order valence-corrected chi connectivity index (χ3v) is 6.26. The number of thiazole rings is 1. The number of fused-ring (bicyclic) bond motifs is 2. The summed E-state index contributed by atoms with van der Waals surface area (Å²) in [5.41, 5.74) is 1.21. The molecule has 1 aliphatic rings. The van der Waals surface area contributed by atoms with Crippen LogP contribution in [-0.4, -0.2) is 36.0 Å². The number of nitrogens with zero attached hydrogens (tertiary/aromatic N) is 5. The molecule has 0 radical (unpaired) electrons. The number of rotatable bonds is 4. The maximum absolute atomic E-state index is 13.1. The van der Waals surface area contributed by atoms with Crippen molar-refractivity contribution >= 4 is 45.2 Å². The molecular weight excluding hydrogens is 396 g/mol. The van der Waals surface area contributed by atoms with Gasteiger partial charge in [-0.15, -0.1) is 11.3 Å². The second-order valence-electron chi connectivity index (χ2n) is 6.25. The molecule has 1 amide bonds. The van der Waals surface area contributed by atoms with E-state index in [2.05, 4.69) is 20.4 Å². The van der Waals surface area contributed by atoms with Gasteiger partial charge in [-0.25, -0.2) is 14.6 Å². The van der Waals surface area contributed by atoms with Crippen LogP contribution in [0.5, 0.6) is 0 Å². The van der Waals surface area contributed by atoms with Crippen LogP contribution < -0.4 is 10.9 Å². The lowest BCUT2D eigenvalue weighted by molar-refractivity contribution is -0.116. The Morgan fingerprint density at radius 3 is 2.93 bits per heavy atom. The van der Waals surface area contributed by atoms with Crippen LogP contribution in [0.15, 0.2) is 58.1 Å². The van der Waals surface area contributed by atoms with E-state index in [4.69, 9.17) is 0 Å². The van der Waals surface area contributed by atoms with Crippen LogP contribution in [0, 0.1) is 0 Å². The molecule has 8 nitrogen and oxygen atoms in total. The smallest absolute Gasteiger partial charge is 0.265 e. The van der Waals surface area contributed by atoms with E-state index in [1.807, 2.05) is 30.3 Å². The van der Waals surface area contributed by atoms with Gasteiger partial charge in [0.15, 0.2) is 15.9 Å². The fourth-order valence-corrected chi connectivity index (χ4v) is 4.88. The number of amides is 1.